The molecule has 2 N–H and O–H groups in total. The Bertz CT molecular complexity index is 59.4. The molecule has 1 unspecified atom stereocenters. The van der Waals surface area contributed by atoms with E-state index in [0.717, 1.165) is 6.54 Å². The van der Waals surface area contributed by atoms with E-state index >= 15 is 0 Å². The van der Waals surface area contributed by atoms with E-state index in [2.05, 4.69) is 11.9 Å². The molecule has 0 saturated carbocycles. The molecule has 0 spiro atoms. The van der Waals surface area contributed by atoms with Crippen LogP contribution in [0.2, 0.25) is 0 Å². The fourth-order valence-electron chi connectivity index (χ4n) is 0.969. The van der Waals surface area contributed by atoms with Crippen LogP contribution in [0.3, 0.4) is 0 Å². The number of nitrogens with two attached hydrogens (primary N) is 1. The molecule has 2 nitrogen and oxygen atoms in total. The summed E-state index contributed by atoms with van der Waals surface area (Å²) < 4.78 is 0. The van der Waals surface area contributed by atoms with Gasteiger partial charge in [-0.05, 0) is 20.0 Å². The second-order valence-electron chi connectivity index (χ2n) is 2.31. The van der Waals surface area contributed by atoms with Crippen molar-refractivity contribution in [1.82, 2.24) is 4.90 Å². The zero-order valence-electron chi connectivity index (χ0n) is 5.13. The number of likely N-dealkylation sites (tertiary alicyclic amines) is 1. The van der Waals surface area contributed by atoms with Crippen LogP contribution >= 0.6 is 12.4 Å². The Morgan fingerprint density at radius 3 is 2.38 bits per heavy atom. The summed E-state index contributed by atoms with van der Waals surface area (Å²) in [6.07, 6.45) is 1.18. The van der Waals surface area contributed by atoms with Crippen LogP contribution in [0.1, 0.15) is 6.42 Å². The van der Waals surface area contributed by atoms with Gasteiger partial charge in [-0.15, -0.1) is 12.4 Å². The monoisotopic (exact) mass is 136 g/mol. The van der Waals surface area contributed by atoms with E-state index in [-0.39, 0.29) is 12.4 Å². The largest absolute Gasteiger partial charge is 0.326 e. The molecule has 0 bridgehead atoms. The van der Waals surface area contributed by atoms with Crippen LogP contribution in [-0.4, -0.2) is 31.1 Å². The van der Waals surface area contributed by atoms with Crippen molar-refractivity contribution in [2.75, 3.05) is 20.1 Å². The number of likely N-dealkylation sites (N-methyl/N-ethyl adjacent to an activating group) is 1. The van der Waals surface area contributed by atoms with Gasteiger partial charge in [0.05, 0.1) is 0 Å². The molecular formula is C5H13ClN2. The molecular weight excluding hydrogens is 124 g/mol. The molecule has 1 heterocycles. The number of hydrogen-bond donors (Lipinski definition) is 1. The summed E-state index contributed by atoms with van der Waals surface area (Å²) in [5.41, 5.74) is 5.58. The van der Waals surface area contributed by atoms with Gasteiger partial charge in [-0.25, -0.2) is 0 Å². The minimum Gasteiger partial charge on any atom is -0.326 e. The zero-order chi connectivity index (χ0) is 5.28. The van der Waals surface area contributed by atoms with Crippen molar-refractivity contribution in [2.24, 2.45) is 5.73 Å². The summed E-state index contributed by atoms with van der Waals surface area (Å²) in [6, 6.07) is 0.449. The highest BCUT2D eigenvalue weighted by atomic mass is 35.5. The Kier molecular flexibility index (Phi) is 3.36. The Morgan fingerprint density at radius 1 is 1.62 bits per heavy atom. The minimum atomic E-state index is 0. The maximum atomic E-state index is 5.58. The summed E-state index contributed by atoms with van der Waals surface area (Å²) >= 11 is 0. The molecule has 0 radical (unpaired) electrons. The van der Waals surface area contributed by atoms with Gasteiger partial charge >= 0.3 is 0 Å². The summed E-state index contributed by atoms with van der Waals surface area (Å²) in [5.74, 6) is 0. The van der Waals surface area contributed by atoms with Crippen molar-refractivity contribution in [3.05, 3.63) is 0 Å². The Balaban J connectivity index is 0.000000490. The lowest BCUT2D eigenvalue weighted by Crippen LogP contribution is -2.23. The Hall–Kier alpha value is 0.210. The molecule has 0 amide bonds. The van der Waals surface area contributed by atoms with Crippen LogP contribution in [0.15, 0.2) is 0 Å². The first-order valence-electron chi connectivity index (χ1n) is 2.73. The zero-order valence-corrected chi connectivity index (χ0v) is 5.95. The molecule has 1 saturated heterocycles. The Labute approximate surface area is 56.4 Å². The topological polar surface area (TPSA) is 29.3 Å². The van der Waals surface area contributed by atoms with Gasteiger partial charge in [-0.1, -0.05) is 0 Å². The summed E-state index contributed by atoms with van der Waals surface area (Å²) in [7, 11) is 2.10. The van der Waals surface area contributed by atoms with Gasteiger partial charge < -0.3 is 10.6 Å². The quantitative estimate of drug-likeness (QED) is 0.511. The minimum absolute atomic E-state index is 0. The van der Waals surface area contributed by atoms with E-state index in [0.29, 0.717) is 6.04 Å². The maximum Gasteiger partial charge on any atom is 0.0179 e. The summed E-state index contributed by atoms with van der Waals surface area (Å²) in [6.45, 7) is 2.27. The predicted octanol–water partition coefficient (Wildman–Crippen LogP) is 0.0710. The maximum absolute atomic E-state index is 5.58. The van der Waals surface area contributed by atoms with Gasteiger partial charge in [-0.2, -0.15) is 0 Å². The van der Waals surface area contributed by atoms with Crippen LogP contribution < -0.4 is 5.73 Å². The molecule has 1 aliphatic heterocycles. The third-order valence-electron chi connectivity index (χ3n) is 1.43. The first-order valence-corrected chi connectivity index (χ1v) is 2.73. The highest BCUT2D eigenvalue weighted by Crippen LogP contribution is 2.01. The third kappa shape index (κ3) is 1.99. The molecule has 1 fully saturated rings. The highest BCUT2D eigenvalue weighted by molar-refractivity contribution is 5.85. The van der Waals surface area contributed by atoms with E-state index in [1.807, 2.05) is 0 Å². The van der Waals surface area contributed by atoms with Crippen molar-refractivity contribution in [3.63, 3.8) is 0 Å². The summed E-state index contributed by atoms with van der Waals surface area (Å²) in [5, 5.41) is 0. The molecule has 3 heteroatoms. The first kappa shape index (κ1) is 8.21. The molecule has 1 aliphatic rings. The number of rotatable bonds is 0. The van der Waals surface area contributed by atoms with Gasteiger partial charge in [0.25, 0.3) is 0 Å². The van der Waals surface area contributed by atoms with Crippen molar-refractivity contribution in [2.45, 2.75) is 12.5 Å². The summed E-state index contributed by atoms with van der Waals surface area (Å²) in [4.78, 5) is 2.25. The molecule has 1 atom stereocenters. The van der Waals surface area contributed by atoms with Crippen LogP contribution in [0.5, 0.6) is 0 Å². The van der Waals surface area contributed by atoms with Crippen LogP contribution in [0, 0.1) is 0 Å². The lowest BCUT2D eigenvalue weighted by molar-refractivity contribution is 0.411. The molecule has 0 aromatic heterocycles. The average Bonchev–Trinajstić information content (AvgIpc) is 1.87. The van der Waals surface area contributed by atoms with Gasteiger partial charge in [0.2, 0.25) is 0 Å². The molecule has 8 heavy (non-hydrogen) atoms. The van der Waals surface area contributed by atoms with E-state index < -0.39 is 0 Å². The van der Waals surface area contributed by atoms with E-state index in [1.54, 1.807) is 0 Å². The molecule has 0 aromatic carbocycles. The average molecular weight is 137 g/mol. The lowest BCUT2D eigenvalue weighted by atomic mass is 10.3. The molecule has 50 valence electrons. The standard InChI is InChI=1S/C5H12N2.ClH/c1-7-3-2-5(6)4-7;/h5H,2-4,6H2,1H3;1H. The SMILES string of the molecule is CN1CCC(N)C1.Cl. The third-order valence-corrected chi connectivity index (χ3v) is 1.43. The van der Waals surface area contributed by atoms with Crippen molar-refractivity contribution < 1.29 is 0 Å². The molecule has 0 aromatic rings. The van der Waals surface area contributed by atoms with Crippen molar-refractivity contribution in [1.29, 1.82) is 0 Å². The van der Waals surface area contributed by atoms with Crippen molar-refractivity contribution >= 4 is 12.4 Å². The van der Waals surface area contributed by atoms with E-state index in [9.17, 15) is 0 Å². The molecule has 1 rings (SSSR count). The predicted molar refractivity (Wildman–Crippen MR) is 37.3 cm³/mol. The van der Waals surface area contributed by atoms with Gasteiger partial charge in [0.15, 0.2) is 0 Å². The number of hydrogen-bond acceptors (Lipinski definition) is 2. The van der Waals surface area contributed by atoms with Crippen LogP contribution in [-0.2, 0) is 0 Å². The van der Waals surface area contributed by atoms with Gasteiger partial charge in [0, 0.05) is 12.6 Å². The number of halogens is 1. The van der Waals surface area contributed by atoms with Crippen LogP contribution in [0.25, 0.3) is 0 Å². The Morgan fingerprint density at radius 2 is 2.25 bits per heavy atom. The van der Waals surface area contributed by atoms with Crippen molar-refractivity contribution in [3.8, 4) is 0 Å². The van der Waals surface area contributed by atoms with Gasteiger partial charge in [-0.3, -0.25) is 0 Å². The van der Waals surface area contributed by atoms with Gasteiger partial charge in [0.1, 0.15) is 0 Å². The van der Waals surface area contributed by atoms with E-state index in [4.69, 9.17) is 5.73 Å². The fraction of sp³-hybridized carbons (Fsp3) is 1.00. The fourth-order valence-corrected chi connectivity index (χ4v) is 0.969. The lowest BCUT2D eigenvalue weighted by Gasteiger charge is -2.03. The smallest absolute Gasteiger partial charge is 0.0179 e. The van der Waals surface area contributed by atoms with Crippen LogP contribution in [0.4, 0.5) is 0 Å². The normalized spacial score (nSPS) is 30.0. The van der Waals surface area contributed by atoms with E-state index in [1.165, 1.54) is 13.0 Å². The number of nitrogens with zero attached hydrogens (tertiary/aromatic N) is 1. The first-order chi connectivity index (χ1) is 3.29. The highest BCUT2D eigenvalue weighted by Gasteiger charge is 2.13. The second kappa shape index (κ2) is 3.28. The second-order valence-corrected chi connectivity index (χ2v) is 2.31. The molecule has 0 aliphatic carbocycles.